The highest BCUT2D eigenvalue weighted by molar-refractivity contribution is 6.31. The largest absolute Gasteiger partial charge is 0.406 e. The molecule has 8 nitrogen and oxygen atoms in total. The number of aromatic nitrogens is 2. The van der Waals surface area contributed by atoms with Gasteiger partial charge in [-0.15, -0.1) is 0 Å². The zero-order chi connectivity index (χ0) is 29.1. The molecule has 2 aliphatic heterocycles. The molecule has 0 bridgehead atoms. The van der Waals surface area contributed by atoms with Crippen LogP contribution in [0.5, 0.6) is 0 Å². The lowest BCUT2D eigenvalue weighted by molar-refractivity contribution is -0.170. The van der Waals surface area contributed by atoms with Gasteiger partial charge in [0.05, 0.1) is 11.0 Å². The van der Waals surface area contributed by atoms with Crippen LogP contribution in [0.1, 0.15) is 52.0 Å². The average Bonchev–Trinajstić information content (AvgIpc) is 3.45. The highest BCUT2D eigenvalue weighted by Gasteiger charge is 2.52. The van der Waals surface area contributed by atoms with Crippen LogP contribution < -0.4 is 10.6 Å². The monoisotopic (exact) mass is 583 g/mol. The summed E-state index contributed by atoms with van der Waals surface area (Å²) in [5, 5.41) is 5.84. The summed E-state index contributed by atoms with van der Waals surface area (Å²) in [5.41, 5.74) is 2.03. The highest BCUT2D eigenvalue weighted by atomic mass is 35.5. The Kier molecular flexibility index (Phi) is 6.52. The van der Waals surface area contributed by atoms with E-state index in [0.29, 0.717) is 40.5 Å². The van der Waals surface area contributed by atoms with Gasteiger partial charge in [0.2, 0.25) is 11.8 Å². The maximum atomic E-state index is 13.5. The number of amides is 3. The number of fused-ring (bicyclic) bond motifs is 3. The summed E-state index contributed by atoms with van der Waals surface area (Å²) in [6.07, 6.45) is -0.926. The number of hydrogen-bond acceptors (Lipinski definition) is 5. The van der Waals surface area contributed by atoms with Crippen LogP contribution in [0.15, 0.2) is 54.9 Å². The summed E-state index contributed by atoms with van der Waals surface area (Å²) in [5.74, 6) is -1.68. The van der Waals surface area contributed by atoms with Crippen LogP contribution in [0, 0.1) is 0 Å². The number of nitrogens with zero attached hydrogens (tertiary/aromatic N) is 3. The molecule has 1 aromatic carbocycles. The molecule has 4 atom stereocenters. The zero-order valence-electron chi connectivity index (χ0n) is 21.8. The average molecular weight is 584 g/mol. The van der Waals surface area contributed by atoms with Gasteiger partial charge in [-0.3, -0.25) is 19.4 Å². The van der Waals surface area contributed by atoms with E-state index < -0.39 is 48.0 Å². The fourth-order valence-corrected chi connectivity index (χ4v) is 6.63. The maximum absolute atomic E-state index is 13.5. The van der Waals surface area contributed by atoms with E-state index in [-0.39, 0.29) is 17.9 Å². The van der Waals surface area contributed by atoms with Gasteiger partial charge in [-0.05, 0) is 49.1 Å². The Morgan fingerprint density at radius 2 is 1.95 bits per heavy atom. The lowest BCUT2D eigenvalue weighted by Gasteiger charge is -2.43. The van der Waals surface area contributed by atoms with Gasteiger partial charge in [0.15, 0.2) is 0 Å². The summed E-state index contributed by atoms with van der Waals surface area (Å²) in [4.78, 5) is 49.1. The first kappa shape index (κ1) is 27.2. The number of alkyl halides is 3. The SMILES string of the molecule is C[C@@H]1[C@H](c2ccccc2Cl)C[C@H](NC(=O)c2cnc3c(c2)C[C@@]2(C3)C(=O)Nc3ncccc32)C(=O)N1CC(F)(F)F. The Bertz CT molecular complexity index is 1580. The lowest BCUT2D eigenvalue weighted by atomic mass is 9.80. The molecular weight excluding hydrogens is 559 g/mol. The summed E-state index contributed by atoms with van der Waals surface area (Å²) in [6, 6.07) is 10.0. The third-order valence-corrected chi connectivity index (χ3v) is 8.72. The van der Waals surface area contributed by atoms with Crippen molar-refractivity contribution in [1.29, 1.82) is 0 Å². The van der Waals surface area contributed by atoms with E-state index >= 15 is 0 Å². The first-order chi connectivity index (χ1) is 19.5. The minimum Gasteiger partial charge on any atom is -0.340 e. The zero-order valence-corrected chi connectivity index (χ0v) is 22.6. The number of halogens is 4. The van der Waals surface area contributed by atoms with Crippen molar-refractivity contribution in [3.05, 3.63) is 87.8 Å². The summed E-state index contributed by atoms with van der Waals surface area (Å²) in [6.45, 7) is 0.115. The van der Waals surface area contributed by atoms with Crippen LogP contribution in [0.3, 0.4) is 0 Å². The van der Waals surface area contributed by atoms with Crippen molar-refractivity contribution >= 4 is 35.1 Å². The second-order valence-corrected chi connectivity index (χ2v) is 11.2. The first-order valence-corrected chi connectivity index (χ1v) is 13.5. The second kappa shape index (κ2) is 9.83. The predicted octanol–water partition coefficient (Wildman–Crippen LogP) is 4.18. The van der Waals surface area contributed by atoms with Gasteiger partial charge in [-0.25, -0.2) is 4.98 Å². The van der Waals surface area contributed by atoms with E-state index in [2.05, 4.69) is 20.6 Å². The minimum absolute atomic E-state index is 0.0786. The fraction of sp³-hybridized carbons (Fsp3) is 0.345. The van der Waals surface area contributed by atoms with Gasteiger partial charge in [-0.2, -0.15) is 13.2 Å². The van der Waals surface area contributed by atoms with E-state index in [0.717, 1.165) is 10.5 Å². The molecule has 41 heavy (non-hydrogen) atoms. The van der Waals surface area contributed by atoms with E-state index in [1.54, 1.807) is 49.5 Å². The molecule has 2 aromatic heterocycles. The molecule has 3 aromatic rings. The number of piperidine rings is 1. The lowest BCUT2D eigenvalue weighted by Crippen LogP contribution is -2.59. The topological polar surface area (TPSA) is 104 Å². The van der Waals surface area contributed by atoms with Gasteiger partial charge in [0, 0.05) is 47.1 Å². The molecule has 212 valence electrons. The summed E-state index contributed by atoms with van der Waals surface area (Å²) < 4.78 is 40.4. The van der Waals surface area contributed by atoms with Crippen LogP contribution in [-0.4, -0.2) is 57.4 Å². The van der Waals surface area contributed by atoms with Crippen LogP contribution in [0.2, 0.25) is 5.02 Å². The molecule has 4 heterocycles. The number of carbonyl (C=O) groups excluding carboxylic acids is 3. The summed E-state index contributed by atoms with van der Waals surface area (Å²) >= 11 is 6.38. The van der Waals surface area contributed by atoms with Crippen molar-refractivity contribution in [2.45, 2.75) is 55.8 Å². The van der Waals surface area contributed by atoms with Crippen molar-refractivity contribution in [1.82, 2.24) is 20.2 Å². The Morgan fingerprint density at radius 3 is 2.71 bits per heavy atom. The number of pyridine rings is 2. The number of likely N-dealkylation sites (tertiary alicyclic amines) is 1. The van der Waals surface area contributed by atoms with Crippen molar-refractivity contribution in [2.75, 3.05) is 11.9 Å². The third-order valence-electron chi connectivity index (χ3n) is 8.38. The molecule has 6 rings (SSSR count). The molecule has 1 spiro atoms. The van der Waals surface area contributed by atoms with Gasteiger partial charge < -0.3 is 15.5 Å². The normalized spacial score (nSPS) is 25.2. The molecule has 0 radical (unpaired) electrons. The van der Waals surface area contributed by atoms with Crippen molar-refractivity contribution in [2.24, 2.45) is 0 Å². The number of nitrogens with one attached hydrogen (secondary N) is 2. The number of rotatable bonds is 4. The molecule has 3 aliphatic rings. The quantitative estimate of drug-likeness (QED) is 0.479. The molecule has 1 fully saturated rings. The van der Waals surface area contributed by atoms with Crippen LogP contribution >= 0.6 is 11.6 Å². The van der Waals surface area contributed by atoms with Crippen molar-refractivity contribution < 1.29 is 27.6 Å². The Balaban J connectivity index is 1.26. The van der Waals surface area contributed by atoms with E-state index in [1.165, 1.54) is 6.20 Å². The third kappa shape index (κ3) is 4.71. The first-order valence-electron chi connectivity index (χ1n) is 13.1. The predicted molar refractivity (Wildman–Crippen MR) is 143 cm³/mol. The molecular formula is C29H25ClF3N5O3. The molecule has 1 saturated heterocycles. The Morgan fingerprint density at radius 1 is 1.17 bits per heavy atom. The number of anilines is 1. The smallest absolute Gasteiger partial charge is 0.340 e. The van der Waals surface area contributed by atoms with Gasteiger partial charge in [0.25, 0.3) is 5.91 Å². The standard InChI is InChI=1S/C29H25ClF3N5O3/c1-15-19(18-5-2-3-7-21(18)30)10-22(26(40)38(15)14-29(31,32)33)36-25(39)17-9-16-11-28(12-23(16)35-13-17)20-6-4-8-34-24(20)37-27(28)41/h2-9,13,15,19,22H,10-12,14H2,1H3,(H,36,39)(H,34,37,41)/t15-,19-,22+,28+/m1/s1. The van der Waals surface area contributed by atoms with Gasteiger partial charge in [0.1, 0.15) is 18.4 Å². The Hall–Kier alpha value is -3.99. The molecule has 12 heteroatoms. The van der Waals surface area contributed by atoms with E-state index in [1.807, 2.05) is 6.07 Å². The van der Waals surface area contributed by atoms with E-state index in [9.17, 15) is 27.6 Å². The number of carbonyl (C=O) groups is 3. The second-order valence-electron chi connectivity index (χ2n) is 10.8. The van der Waals surface area contributed by atoms with Crippen LogP contribution in [0.25, 0.3) is 0 Å². The van der Waals surface area contributed by atoms with Crippen LogP contribution in [-0.2, 0) is 27.8 Å². The highest BCUT2D eigenvalue weighted by Crippen LogP contribution is 2.46. The molecule has 1 aliphatic carbocycles. The summed E-state index contributed by atoms with van der Waals surface area (Å²) in [7, 11) is 0. The Labute approximate surface area is 238 Å². The van der Waals surface area contributed by atoms with Crippen molar-refractivity contribution in [3.8, 4) is 0 Å². The van der Waals surface area contributed by atoms with Gasteiger partial charge in [-0.1, -0.05) is 35.9 Å². The molecule has 2 N–H and O–H groups in total. The minimum atomic E-state index is -4.62. The molecule has 0 saturated carbocycles. The molecule has 3 amide bonds. The van der Waals surface area contributed by atoms with Crippen LogP contribution in [0.4, 0.5) is 19.0 Å². The van der Waals surface area contributed by atoms with Crippen molar-refractivity contribution in [3.63, 3.8) is 0 Å². The fourth-order valence-electron chi connectivity index (χ4n) is 6.35. The number of benzene rings is 1. The number of hydrogen-bond donors (Lipinski definition) is 2. The van der Waals surface area contributed by atoms with Gasteiger partial charge >= 0.3 is 6.18 Å². The maximum Gasteiger partial charge on any atom is 0.406 e. The van der Waals surface area contributed by atoms with E-state index in [4.69, 9.17) is 11.6 Å². The molecule has 0 unspecified atom stereocenters.